The molecule has 0 saturated carbocycles. The van der Waals surface area contributed by atoms with E-state index in [1.165, 1.54) is 0 Å². The maximum atomic E-state index is 12.7. The Hall–Kier alpha value is -3.16. The van der Waals surface area contributed by atoms with Crippen molar-refractivity contribution in [2.24, 2.45) is 0 Å². The van der Waals surface area contributed by atoms with Crippen LogP contribution in [-0.2, 0) is 66.5 Å². The molecule has 0 bridgehead atoms. The Morgan fingerprint density at radius 2 is 1.13 bits per heavy atom. The Kier molecular flexibility index (Phi) is 23.1. The summed E-state index contributed by atoms with van der Waals surface area (Å²) in [5.41, 5.74) is 0. The number of rotatable bonds is 24. The Labute approximate surface area is 424 Å². The molecule has 19 N–H and O–H groups in total. The Bertz CT molecular complexity index is 1830. The third kappa shape index (κ3) is 14.4. The van der Waals surface area contributed by atoms with Gasteiger partial charge in [0.1, 0.15) is 122 Å². The number of carboxylic acids is 1. The summed E-state index contributed by atoms with van der Waals surface area (Å²) in [5.74, 6) is -7.00. The number of carbonyl (C=O) groups is 4. The van der Waals surface area contributed by atoms with Gasteiger partial charge in [0, 0.05) is 20.3 Å². The first-order valence-electron chi connectivity index (χ1n) is 23.4. The van der Waals surface area contributed by atoms with Crippen molar-refractivity contribution < 1.29 is 153 Å². The maximum Gasteiger partial charge on any atom is 0.217 e. The second kappa shape index (κ2) is 27.6. The second-order valence-electron chi connectivity index (χ2n) is 18.3. The van der Waals surface area contributed by atoms with E-state index in [0.29, 0.717) is 0 Å². The van der Waals surface area contributed by atoms with Gasteiger partial charge >= 0.3 is 0 Å². The van der Waals surface area contributed by atoms with E-state index in [-0.39, 0.29) is 6.41 Å². The van der Waals surface area contributed by atoms with Crippen LogP contribution in [0.2, 0.25) is 0 Å². The minimum absolute atomic E-state index is 0.273. The van der Waals surface area contributed by atoms with E-state index in [1.807, 2.05) is 0 Å². The number of hydrogen-bond acceptors (Lipinski definition) is 31. The molecule has 434 valence electrons. The zero-order valence-corrected chi connectivity index (χ0v) is 40.0. The second-order valence-corrected chi connectivity index (χ2v) is 18.3. The number of nitrogens with one attached hydrogen (secondary N) is 3. The summed E-state index contributed by atoms with van der Waals surface area (Å²) in [4.78, 5) is 47.8. The predicted molar refractivity (Wildman–Crippen MR) is 228 cm³/mol. The predicted octanol–water partition coefficient (Wildman–Crippen LogP) is -14.6. The average Bonchev–Trinajstić information content (AvgIpc) is 3.37. The summed E-state index contributed by atoms with van der Waals surface area (Å²) < 4.78 is 56.2. The molecule has 0 radical (unpaired) electrons. The summed E-state index contributed by atoms with van der Waals surface area (Å²) in [6.07, 6.45) is -46.5. The van der Waals surface area contributed by atoms with E-state index in [1.54, 1.807) is 0 Å². The molecule has 0 spiro atoms. The van der Waals surface area contributed by atoms with Crippen LogP contribution in [0.3, 0.4) is 0 Å². The molecule has 0 aromatic carbocycles. The first kappa shape index (κ1) is 62.7. The Balaban J connectivity index is 1.33. The fourth-order valence-electron chi connectivity index (χ4n) is 9.00. The van der Waals surface area contributed by atoms with Gasteiger partial charge in [-0.25, -0.2) is 0 Å². The van der Waals surface area contributed by atoms with E-state index in [4.69, 9.17) is 47.4 Å². The van der Waals surface area contributed by atoms with Gasteiger partial charge in [0.15, 0.2) is 25.2 Å². The largest absolute Gasteiger partial charge is 0.544 e. The summed E-state index contributed by atoms with van der Waals surface area (Å²) in [6, 6.07) is -4.39. The average molecular weight is 1100 g/mol. The van der Waals surface area contributed by atoms with Gasteiger partial charge in [0.25, 0.3) is 0 Å². The molecule has 3 amide bonds. The summed E-state index contributed by atoms with van der Waals surface area (Å²) in [7, 11) is 0. The van der Waals surface area contributed by atoms with Crippen molar-refractivity contribution in [1.29, 1.82) is 0 Å². The van der Waals surface area contributed by atoms with Crippen LogP contribution in [0.4, 0.5) is 0 Å². The molecule has 5 saturated heterocycles. The quantitative estimate of drug-likeness (QED) is 0.0399. The third-order valence-electron chi connectivity index (χ3n) is 13.0. The maximum absolute atomic E-state index is 12.7. The lowest BCUT2D eigenvalue weighted by Crippen LogP contribution is -2.71. The number of carboxylic acid groups (broad SMARTS) is 1. The van der Waals surface area contributed by atoms with Crippen molar-refractivity contribution in [1.82, 2.24) is 16.0 Å². The number of hydrogen-bond donors (Lipinski definition) is 19. The molecular formula is C41H68N3O31-. The van der Waals surface area contributed by atoms with Gasteiger partial charge in [-0.1, -0.05) is 0 Å². The zero-order chi connectivity index (χ0) is 55.8. The molecule has 5 heterocycles. The standard InChI is InChI=1S/C41H69N3O31/c1-12(51)43-21-15(53)3-41(40(64)65,75-34(21)23(55)16(54)5-46)67-10-20-24(56)26(58)22(44-13(2)52)36(71-20)74-35-25(57)17(6-47)68-39(31(35)63)73-33-19(8-49)70-38(30(62)28(33)60)72-32-18(7-48)69-37(29(61)27(32)59)66-9-14(4-45)42-11-50/h11,14-39,45-49,53-63H,3-10H2,1-2H3,(H,42,50)(H,43,51)(H,44,52)(H,64,65)/p-1/t14-,15+,16-,17-,18-,19-,20-,21-,22-,23-,24+,25+,26-,27-,28-,29-,30-,31-,32-,33+,34-,35+,36+,37-,38+,39-,41-/m1/s1. The number of carbonyl (C=O) groups excluding carboxylic acids is 4. The van der Waals surface area contributed by atoms with Crippen LogP contribution in [0.25, 0.3) is 0 Å². The number of amides is 3. The van der Waals surface area contributed by atoms with Gasteiger partial charge in [-0.05, 0) is 0 Å². The normalized spacial score (nSPS) is 43.7. The molecule has 34 heteroatoms. The smallest absolute Gasteiger partial charge is 0.217 e. The molecule has 5 aliphatic rings. The highest BCUT2D eigenvalue weighted by atomic mass is 16.8. The molecule has 75 heavy (non-hydrogen) atoms. The fourth-order valence-corrected chi connectivity index (χ4v) is 9.00. The lowest BCUT2D eigenvalue weighted by molar-refractivity contribution is -0.393. The number of ether oxygens (including phenoxy) is 10. The van der Waals surface area contributed by atoms with Crippen LogP contribution in [0, 0.1) is 0 Å². The monoisotopic (exact) mass is 1100 g/mol. The van der Waals surface area contributed by atoms with Gasteiger partial charge in [-0.3, -0.25) is 14.4 Å². The number of aliphatic hydroxyl groups is 16. The molecule has 0 aliphatic carbocycles. The van der Waals surface area contributed by atoms with Crippen LogP contribution in [-0.4, -0.2) is 317 Å². The van der Waals surface area contributed by atoms with Crippen molar-refractivity contribution in [3.8, 4) is 0 Å². The topological polar surface area (TPSA) is 543 Å². The van der Waals surface area contributed by atoms with E-state index in [2.05, 4.69) is 16.0 Å². The molecule has 5 fully saturated rings. The van der Waals surface area contributed by atoms with E-state index < -0.39 is 236 Å². The first-order valence-corrected chi connectivity index (χ1v) is 23.4. The summed E-state index contributed by atoms with van der Waals surface area (Å²) >= 11 is 0. The van der Waals surface area contributed by atoms with Crippen LogP contribution >= 0.6 is 0 Å². The van der Waals surface area contributed by atoms with E-state index >= 15 is 0 Å². The SMILES string of the molecule is CC(=O)N[C@H]1[C@H](O[C@H]2[C@@H](O)[C@@H](CO)O[C@H](O[C@@H]3[C@H](O)[C@@H](O)[C@H](O[C@H]4[C@H](O)[C@@H](O)[C@H](OC[C@@H](CO)NC=O)O[C@@H]4CO)O[C@@H]3CO)[C@@H]2O)O[C@H](CO[C@]2(C(=O)[O-])C[C@H](O)[C@@H](NC(C)=O)[C@H]([C@H](O)[C@H](O)CO)O2)[C@H](O)[C@@H]1O. The molecule has 0 aromatic rings. The van der Waals surface area contributed by atoms with E-state index in [9.17, 15) is 106 Å². The number of aliphatic hydroxyl groups excluding tert-OH is 16. The highest BCUT2D eigenvalue weighted by Crippen LogP contribution is 2.37. The minimum Gasteiger partial charge on any atom is -0.544 e. The van der Waals surface area contributed by atoms with Crippen molar-refractivity contribution in [2.75, 3.05) is 46.2 Å². The van der Waals surface area contributed by atoms with Crippen LogP contribution < -0.4 is 21.1 Å². The van der Waals surface area contributed by atoms with Gasteiger partial charge in [-0.2, -0.15) is 0 Å². The molecular weight excluding hydrogens is 1030 g/mol. The van der Waals surface area contributed by atoms with Gasteiger partial charge < -0.3 is 155 Å². The summed E-state index contributed by atoms with van der Waals surface area (Å²) in [6.45, 7) is -4.34. The lowest BCUT2D eigenvalue weighted by atomic mass is 9.88. The lowest BCUT2D eigenvalue weighted by Gasteiger charge is -2.50. The fraction of sp³-hybridized carbons (Fsp3) is 0.902. The van der Waals surface area contributed by atoms with Crippen molar-refractivity contribution in [3.63, 3.8) is 0 Å². The highest BCUT2D eigenvalue weighted by molar-refractivity contribution is 5.75. The molecule has 34 nitrogen and oxygen atoms in total. The third-order valence-corrected chi connectivity index (χ3v) is 13.0. The van der Waals surface area contributed by atoms with Crippen LogP contribution in [0.5, 0.6) is 0 Å². The van der Waals surface area contributed by atoms with Crippen LogP contribution in [0.1, 0.15) is 20.3 Å². The minimum atomic E-state index is -3.10. The van der Waals surface area contributed by atoms with Gasteiger partial charge in [0.2, 0.25) is 24.0 Å². The Morgan fingerprint density at radius 3 is 1.65 bits per heavy atom. The molecule has 27 atom stereocenters. The zero-order valence-electron chi connectivity index (χ0n) is 40.0. The van der Waals surface area contributed by atoms with Gasteiger partial charge in [0.05, 0.1) is 64.4 Å². The van der Waals surface area contributed by atoms with Gasteiger partial charge in [-0.15, -0.1) is 0 Å². The van der Waals surface area contributed by atoms with Crippen molar-refractivity contribution >= 4 is 24.2 Å². The molecule has 0 aromatic heterocycles. The molecule has 5 rings (SSSR count). The molecule has 5 aliphatic heterocycles. The van der Waals surface area contributed by atoms with Crippen LogP contribution in [0.15, 0.2) is 0 Å². The Morgan fingerprint density at radius 1 is 0.627 bits per heavy atom. The highest BCUT2D eigenvalue weighted by Gasteiger charge is 2.57. The number of aliphatic carboxylic acids is 1. The summed E-state index contributed by atoms with van der Waals surface area (Å²) in [5, 5.41) is 191. The first-order chi connectivity index (χ1) is 35.4. The molecule has 0 unspecified atom stereocenters. The van der Waals surface area contributed by atoms with E-state index in [0.717, 1.165) is 13.8 Å². The van der Waals surface area contributed by atoms with Crippen molar-refractivity contribution in [2.45, 2.75) is 185 Å². The van der Waals surface area contributed by atoms with Crippen molar-refractivity contribution in [3.05, 3.63) is 0 Å².